The first-order valence-electron chi connectivity index (χ1n) is 6.33. The third-order valence-corrected chi connectivity index (χ3v) is 4.31. The Balaban J connectivity index is 2.03. The highest BCUT2D eigenvalue weighted by Crippen LogP contribution is 2.25. The van der Waals surface area contributed by atoms with Crippen molar-refractivity contribution >= 4 is 23.2 Å². The Bertz CT molecular complexity index is 411. The Hall–Kier alpha value is -0.350. The third kappa shape index (κ3) is 3.35. The minimum Gasteiger partial charge on any atom is -0.330 e. The summed E-state index contributed by atoms with van der Waals surface area (Å²) in [6.07, 6.45) is 1.18. The van der Waals surface area contributed by atoms with Crippen molar-refractivity contribution in [1.29, 1.82) is 0 Å². The van der Waals surface area contributed by atoms with Crippen molar-refractivity contribution in [2.75, 3.05) is 19.6 Å². The number of aromatic nitrogens is 1. The van der Waals surface area contributed by atoms with Crippen molar-refractivity contribution in [3.8, 4) is 0 Å². The van der Waals surface area contributed by atoms with Gasteiger partial charge in [-0.15, -0.1) is 0 Å². The molecule has 0 bridgehead atoms. The Kier molecular flexibility index (Phi) is 4.84. The molecular weight excluding hydrogens is 269 g/mol. The molecule has 2 unspecified atom stereocenters. The maximum absolute atomic E-state index is 6.14. The van der Waals surface area contributed by atoms with Gasteiger partial charge in [-0.1, -0.05) is 30.1 Å². The van der Waals surface area contributed by atoms with Crippen LogP contribution in [0.1, 0.15) is 19.0 Å². The molecule has 5 heteroatoms. The van der Waals surface area contributed by atoms with E-state index in [0.29, 0.717) is 22.0 Å². The average Bonchev–Trinajstić information content (AvgIpc) is 2.36. The molecule has 0 aromatic carbocycles. The number of likely N-dealkylation sites (tertiary alicyclic amines) is 1. The van der Waals surface area contributed by atoms with E-state index >= 15 is 0 Å². The van der Waals surface area contributed by atoms with E-state index in [1.807, 2.05) is 0 Å². The third-order valence-electron chi connectivity index (χ3n) is 3.76. The first kappa shape index (κ1) is 14.1. The molecule has 0 aliphatic carbocycles. The molecule has 18 heavy (non-hydrogen) atoms. The van der Waals surface area contributed by atoms with E-state index in [9.17, 15) is 0 Å². The first-order chi connectivity index (χ1) is 8.60. The maximum Gasteiger partial charge on any atom is 0.129 e. The van der Waals surface area contributed by atoms with E-state index in [2.05, 4.69) is 16.8 Å². The van der Waals surface area contributed by atoms with Crippen molar-refractivity contribution in [3.63, 3.8) is 0 Å². The summed E-state index contributed by atoms with van der Waals surface area (Å²) in [5, 5.41) is 1.18. The Morgan fingerprint density at radius 2 is 2.22 bits per heavy atom. The Labute approximate surface area is 118 Å². The zero-order valence-corrected chi connectivity index (χ0v) is 12.1. The molecule has 1 fully saturated rings. The van der Waals surface area contributed by atoms with Gasteiger partial charge in [0, 0.05) is 13.1 Å². The summed E-state index contributed by atoms with van der Waals surface area (Å²) in [5.41, 5.74) is 6.67. The summed E-state index contributed by atoms with van der Waals surface area (Å²) in [6, 6.07) is 3.52. The van der Waals surface area contributed by atoms with Crippen LogP contribution >= 0.6 is 23.2 Å². The molecule has 2 N–H and O–H groups in total. The fraction of sp³-hybridized carbons (Fsp3) is 0.615. The van der Waals surface area contributed by atoms with E-state index in [4.69, 9.17) is 28.9 Å². The standard InChI is InChI=1S/C13H19Cl2N3/c1-9-4-5-18(7-10(9)6-16)8-12-11(14)2-3-13(15)17-12/h2-3,9-10H,4-8,16H2,1H3. The van der Waals surface area contributed by atoms with Gasteiger partial charge in [-0.25, -0.2) is 4.98 Å². The Morgan fingerprint density at radius 3 is 2.94 bits per heavy atom. The molecule has 1 aliphatic heterocycles. The fourth-order valence-corrected chi connectivity index (χ4v) is 2.79. The Morgan fingerprint density at radius 1 is 1.44 bits per heavy atom. The van der Waals surface area contributed by atoms with Crippen LogP contribution in [0.25, 0.3) is 0 Å². The molecule has 100 valence electrons. The van der Waals surface area contributed by atoms with Crippen molar-refractivity contribution in [1.82, 2.24) is 9.88 Å². The van der Waals surface area contributed by atoms with Gasteiger partial charge in [0.2, 0.25) is 0 Å². The lowest BCUT2D eigenvalue weighted by Crippen LogP contribution is -2.42. The van der Waals surface area contributed by atoms with Gasteiger partial charge in [-0.2, -0.15) is 0 Å². The number of nitrogens with zero attached hydrogens (tertiary/aromatic N) is 2. The van der Waals surface area contributed by atoms with Crippen LogP contribution in [0.4, 0.5) is 0 Å². The molecule has 1 aromatic heterocycles. The normalized spacial score (nSPS) is 25.3. The first-order valence-corrected chi connectivity index (χ1v) is 7.09. The molecule has 0 amide bonds. The summed E-state index contributed by atoms with van der Waals surface area (Å²) in [6.45, 7) is 5.86. The predicted molar refractivity (Wildman–Crippen MR) is 75.9 cm³/mol. The van der Waals surface area contributed by atoms with E-state index < -0.39 is 0 Å². The smallest absolute Gasteiger partial charge is 0.129 e. The minimum atomic E-state index is 0.496. The highest BCUT2D eigenvalue weighted by molar-refractivity contribution is 6.32. The zero-order chi connectivity index (χ0) is 13.1. The van der Waals surface area contributed by atoms with Crippen LogP contribution in [0, 0.1) is 11.8 Å². The highest BCUT2D eigenvalue weighted by atomic mass is 35.5. The summed E-state index contributed by atoms with van der Waals surface area (Å²) in [4.78, 5) is 6.66. The highest BCUT2D eigenvalue weighted by Gasteiger charge is 2.25. The van der Waals surface area contributed by atoms with Gasteiger partial charge in [-0.3, -0.25) is 4.90 Å². The van der Waals surface area contributed by atoms with Crippen LogP contribution < -0.4 is 5.73 Å². The molecule has 2 heterocycles. The second-order valence-corrected chi connectivity index (χ2v) is 5.85. The van der Waals surface area contributed by atoms with Gasteiger partial charge in [0.25, 0.3) is 0 Å². The summed E-state index contributed by atoms with van der Waals surface area (Å²) in [5.74, 6) is 1.27. The van der Waals surface area contributed by atoms with Gasteiger partial charge >= 0.3 is 0 Å². The lowest BCUT2D eigenvalue weighted by Gasteiger charge is -2.36. The minimum absolute atomic E-state index is 0.496. The monoisotopic (exact) mass is 287 g/mol. The molecule has 0 saturated carbocycles. The summed E-state index contributed by atoms with van der Waals surface area (Å²) >= 11 is 12.0. The quantitative estimate of drug-likeness (QED) is 0.870. The second kappa shape index (κ2) is 6.20. The summed E-state index contributed by atoms with van der Waals surface area (Å²) in [7, 11) is 0. The van der Waals surface area contributed by atoms with Crippen molar-refractivity contribution in [2.45, 2.75) is 19.9 Å². The average molecular weight is 288 g/mol. The van der Waals surface area contributed by atoms with Crippen LogP contribution in [-0.2, 0) is 6.54 Å². The van der Waals surface area contributed by atoms with Gasteiger partial charge in [0.05, 0.1) is 10.7 Å². The van der Waals surface area contributed by atoms with Crippen LogP contribution in [-0.4, -0.2) is 29.5 Å². The zero-order valence-electron chi connectivity index (χ0n) is 10.6. The topological polar surface area (TPSA) is 42.2 Å². The van der Waals surface area contributed by atoms with Crippen LogP contribution in [0.2, 0.25) is 10.2 Å². The number of hydrogen-bond donors (Lipinski definition) is 1. The largest absolute Gasteiger partial charge is 0.330 e. The van der Waals surface area contributed by atoms with Gasteiger partial charge < -0.3 is 5.73 Å². The van der Waals surface area contributed by atoms with Crippen LogP contribution in [0.5, 0.6) is 0 Å². The van der Waals surface area contributed by atoms with E-state index in [1.54, 1.807) is 12.1 Å². The van der Waals surface area contributed by atoms with Crippen molar-refractivity contribution in [2.24, 2.45) is 17.6 Å². The fourth-order valence-electron chi connectivity index (χ4n) is 2.46. The molecule has 0 spiro atoms. The van der Waals surface area contributed by atoms with Crippen LogP contribution in [0.15, 0.2) is 12.1 Å². The van der Waals surface area contributed by atoms with Gasteiger partial charge in [0.1, 0.15) is 5.15 Å². The molecule has 2 rings (SSSR count). The SMILES string of the molecule is CC1CCN(Cc2nc(Cl)ccc2Cl)CC1CN. The molecule has 3 nitrogen and oxygen atoms in total. The number of piperidine rings is 1. The summed E-state index contributed by atoms with van der Waals surface area (Å²) < 4.78 is 0. The van der Waals surface area contributed by atoms with Crippen LogP contribution in [0.3, 0.4) is 0 Å². The predicted octanol–water partition coefficient (Wildman–Crippen LogP) is 2.81. The van der Waals surface area contributed by atoms with E-state index in [-0.39, 0.29) is 0 Å². The lowest BCUT2D eigenvalue weighted by atomic mass is 9.87. The number of rotatable bonds is 3. The molecule has 1 aromatic rings. The second-order valence-electron chi connectivity index (χ2n) is 5.06. The van der Waals surface area contributed by atoms with Crippen molar-refractivity contribution in [3.05, 3.63) is 28.0 Å². The number of nitrogens with two attached hydrogens (primary N) is 1. The molecule has 1 aliphatic rings. The number of pyridine rings is 1. The lowest BCUT2D eigenvalue weighted by molar-refractivity contribution is 0.125. The van der Waals surface area contributed by atoms with E-state index in [0.717, 1.165) is 31.9 Å². The molecule has 0 radical (unpaired) electrons. The van der Waals surface area contributed by atoms with Crippen molar-refractivity contribution < 1.29 is 0 Å². The number of hydrogen-bond acceptors (Lipinski definition) is 3. The molecule has 2 atom stereocenters. The van der Waals surface area contributed by atoms with E-state index in [1.165, 1.54) is 6.42 Å². The maximum atomic E-state index is 6.14. The molecule has 1 saturated heterocycles. The van der Waals surface area contributed by atoms with Gasteiger partial charge in [0.15, 0.2) is 0 Å². The van der Waals surface area contributed by atoms with Gasteiger partial charge in [-0.05, 0) is 43.5 Å². The number of halogens is 2. The molecular formula is C13H19Cl2N3.